The maximum Gasteiger partial charge on any atom is 0.245 e. The summed E-state index contributed by atoms with van der Waals surface area (Å²) in [4.78, 5) is 6.60. The van der Waals surface area contributed by atoms with Crippen LogP contribution in [-0.4, -0.2) is 34.3 Å². The third-order valence-electron chi connectivity index (χ3n) is 3.16. The number of aromatic amines is 1. The van der Waals surface area contributed by atoms with Gasteiger partial charge in [-0.3, -0.25) is 5.10 Å². The number of nitrogens with two attached hydrogens (primary N) is 1. The molecule has 3 rings (SSSR count). The minimum atomic E-state index is 0.208. The summed E-state index contributed by atoms with van der Waals surface area (Å²) in [5.41, 5.74) is 6.79. The van der Waals surface area contributed by atoms with Crippen molar-refractivity contribution in [3.05, 3.63) is 27.7 Å². The Kier molecular flexibility index (Phi) is 3.47. The predicted octanol–water partition coefficient (Wildman–Crippen LogP) is 2.42. The summed E-state index contributed by atoms with van der Waals surface area (Å²) < 4.78 is 0.928. The molecule has 100 valence electrons. The quantitative estimate of drug-likeness (QED) is 0.879. The van der Waals surface area contributed by atoms with Gasteiger partial charge in [0.2, 0.25) is 5.95 Å². The summed E-state index contributed by atoms with van der Waals surface area (Å²) in [6.45, 7) is 1.70. The molecule has 1 saturated heterocycles. The lowest BCUT2D eigenvalue weighted by molar-refractivity contribution is 0.750. The normalized spacial score (nSPS) is 19.1. The fraction of sp³-hybridized carbons (Fsp3) is 0.333. The second-order valence-corrected chi connectivity index (χ2v) is 5.89. The van der Waals surface area contributed by atoms with Gasteiger partial charge in [0.1, 0.15) is 0 Å². The molecule has 1 unspecified atom stereocenters. The molecule has 2 heterocycles. The number of H-pyrrole nitrogens is 1. The Morgan fingerprint density at radius 3 is 3.05 bits per heavy atom. The third-order valence-corrected chi connectivity index (χ3v) is 4.09. The van der Waals surface area contributed by atoms with Crippen LogP contribution in [0.15, 0.2) is 22.7 Å². The Balaban J connectivity index is 1.90. The predicted molar refractivity (Wildman–Crippen MR) is 79.3 cm³/mol. The summed E-state index contributed by atoms with van der Waals surface area (Å²) in [5.74, 6) is 1.39. The van der Waals surface area contributed by atoms with Gasteiger partial charge in [-0.2, -0.15) is 4.98 Å². The van der Waals surface area contributed by atoms with E-state index in [1.54, 1.807) is 0 Å². The van der Waals surface area contributed by atoms with Crippen molar-refractivity contribution in [3.8, 4) is 11.4 Å². The Hall–Kier alpha value is -1.11. The maximum absolute atomic E-state index is 6.01. The van der Waals surface area contributed by atoms with Gasteiger partial charge in [0.15, 0.2) is 5.82 Å². The summed E-state index contributed by atoms with van der Waals surface area (Å²) >= 11 is 9.50. The topological polar surface area (TPSA) is 70.8 Å². The number of hydrogen-bond donors (Lipinski definition) is 2. The van der Waals surface area contributed by atoms with Gasteiger partial charge in [-0.1, -0.05) is 27.5 Å². The van der Waals surface area contributed by atoms with Crippen molar-refractivity contribution in [2.45, 2.75) is 12.5 Å². The SMILES string of the molecule is NC1CCN(c2n[nH]c(-c3cc(Cl)ccc3Br)n2)C1. The van der Waals surface area contributed by atoms with Gasteiger partial charge in [0.25, 0.3) is 0 Å². The van der Waals surface area contributed by atoms with Crippen molar-refractivity contribution < 1.29 is 0 Å². The lowest BCUT2D eigenvalue weighted by Crippen LogP contribution is -2.26. The molecule has 0 bridgehead atoms. The molecule has 0 spiro atoms. The van der Waals surface area contributed by atoms with Crippen LogP contribution in [0.4, 0.5) is 5.95 Å². The van der Waals surface area contributed by atoms with E-state index < -0.39 is 0 Å². The number of anilines is 1. The number of hydrogen-bond acceptors (Lipinski definition) is 4. The molecule has 0 radical (unpaired) electrons. The smallest absolute Gasteiger partial charge is 0.245 e. The summed E-state index contributed by atoms with van der Waals surface area (Å²) in [7, 11) is 0. The number of nitrogens with one attached hydrogen (secondary N) is 1. The first kappa shape index (κ1) is 12.9. The lowest BCUT2D eigenvalue weighted by Gasteiger charge is -2.11. The molecule has 5 nitrogen and oxygen atoms in total. The van der Waals surface area contributed by atoms with Gasteiger partial charge in [-0.25, -0.2) is 0 Å². The molecular formula is C12H13BrClN5. The molecule has 2 aromatic rings. The van der Waals surface area contributed by atoms with Gasteiger partial charge in [0, 0.05) is 34.2 Å². The summed E-state index contributed by atoms with van der Waals surface area (Å²) in [5, 5.41) is 7.87. The van der Waals surface area contributed by atoms with Crippen LogP contribution in [0.2, 0.25) is 5.02 Å². The molecule has 7 heteroatoms. The summed E-state index contributed by atoms with van der Waals surface area (Å²) in [6, 6.07) is 5.78. The van der Waals surface area contributed by atoms with Crippen molar-refractivity contribution in [1.82, 2.24) is 15.2 Å². The molecule has 1 aliphatic rings. The van der Waals surface area contributed by atoms with Crippen LogP contribution in [0.3, 0.4) is 0 Å². The summed E-state index contributed by atoms with van der Waals surface area (Å²) in [6.07, 6.45) is 0.977. The first-order valence-electron chi connectivity index (χ1n) is 6.02. The molecule has 0 amide bonds. The molecule has 1 aromatic heterocycles. The number of benzene rings is 1. The second kappa shape index (κ2) is 5.11. The molecule has 3 N–H and O–H groups in total. The fourth-order valence-corrected chi connectivity index (χ4v) is 2.77. The van der Waals surface area contributed by atoms with Gasteiger partial charge >= 0.3 is 0 Å². The van der Waals surface area contributed by atoms with E-state index in [2.05, 4.69) is 36.0 Å². The average Bonchev–Trinajstić information content (AvgIpc) is 3.00. The molecule has 0 aliphatic carbocycles. The Morgan fingerprint density at radius 2 is 2.32 bits per heavy atom. The molecular weight excluding hydrogens is 330 g/mol. The zero-order chi connectivity index (χ0) is 13.4. The minimum absolute atomic E-state index is 0.208. The van der Waals surface area contributed by atoms with E-state index in [4.69, 9.17) is 17.3 Å². The van der Waals surface area contributed by atoms with Crippen LogP contribution in [0.25, 0.3) is 11.4 Å². The molecule has 1 aromatic carbocycles. The van der Waals surface area contributed by atoms with E-state index in [1.807, 2.05) is 18.2 Å². The maximum atomic E-state index is 6.01. The third kappa shape index (κ3) is 2.61. The first-order valence-corrected chi connectivity index (χ1v) is 7.19. The van der Waals surface area contributed by atoms with Crippen molar-refractivity contribution >= 4 is 33.5 Å². The van der Waals surface area contributed by atoms with Gasteiger partial charge in [0.05, 0.1) is 0 Å². The minimum Gasteiger partial charge on any atom is -0.338 e. The van der Waals surface area contributed by atoms with E-state index in [0.29, 0.717) is 16.8 Å². The van der Waals surface area contributed by atoms with Crippen LogP contribution in [0.1, 0.15) is 6.42 Å². The molecule has 1 aliphatic heterocycles. The van der Waals surface area contributed by atoms with E-state index in [1.165, 1.54) is 0 Å². The van der Waals surface area contributed by atoms with Gasteiger partial charge < -0.3 is 10.6 Å². The monoisotopic (exact) mass is 341 g/mol. The van der Waals surface area contributed by atoms with Gasteiger partial charge in [-0.05, 0) is 24.6 Å². The standard InChI is InChI=1S/C12H13BrClN5/c13-10-2-1-7(14)5-9(10)11-16-12(18-17-11)19-4-3-8(15)6-19/h1-2,5,8H,3-4,6,15H2,(H,16,17,18). The highest BCUT2D eigenvalue weighted by Gasteiger charge is 2.22. The zero-order valence-corrected chi connectivity index (χ0v) is 12.4. The number of nitrogens with zero attached hydrogens (tertiary/aromatic N) is 3. The van der Waals surface area contributed by atoms with E-state index in [9.17, 15) is 0 Å². The second-order valence-electron chi connectivity index (χ2n) is 4.60. The average molecular weight is 343 g/mol. The van der Waals surface area contributed by atoms with Crippen LogP contribution in [0.5, 0.6) is 0 Å². The molecule has 0 saturated carbocycles. The Labute approximate surface area is 124 Å². The number of halogens is 2. The molecule has 1 fully saturated rings. The fourth-order valence-electron chi connectivity index (χ4n) is 2.16. The first-order chi connectivity index (χ1) is 9.13. The largest absolute Gasteiger partial charge is 0.338 e. The van der Waals surface area contributed by atoms with Crippen LogP contribution < -0.4 is 10.6 Å². The highest BCUT2D eigenvalue weighted by molar-refractivity contribution is 9.10. The van der Waals surface area contributed by atoms with Crippen LogP contribution >= 0.6 is 27.5 Å². The highest BCUT2D eigenvalue weighted by Crippen LogP contribution is 2.29. The molecule has 1 atom stereocenters. The molecule has 19 heavy (non-hydrogen) atoms. The van der Waals surface area contributed by atoms with Gasteiger partial charge in [-0.15, -0.1) is 5.10 Å². The Morgan fingerprint density at radius 1 is 1.47 bits per heavy atom. The van der Waals surface area contributed by atoms with Crippen molar-refractivity contribution in [2.75, 3.05) is 18.0 Å². The van der Waals surface area contributed by atoms with Crippen molar-refractivity contribution in [3.63, 3.8) is 0 Å². The number of aromatic nitrogens is 3. The van der Waals surface area contributed by atoms with Crippen molar-refractivity contribution in [2.24, 2.45) is 5.73 Å². The van der Waals surface area contributed by atoms with Crippen LogP contribution in [-0.2, 0) is 0 Å². The van der Waals surface area contributed by atoms with Crippen LogP contribution in [0, 0.1) is 0 Å². The van der Waals surface area contributed by atoms with E-state index in [-0.39, 0.29) is 6.04 Å². The number of rotatable bonds is 2. The van der Waals surface area contributed by atoms with E-state index in [0.717, 1.165) is 29.5 Å². The van der Waals surface area contributed by atoms with E-state index >= 15 is 0 Å². The highest BCUT2D eigenvalue weighted by atomic mass is 79.9. The van der Waals surface area contributed by atoms with Crippen molar-refractivity contribution in [1.29, 1.82) is 0 Å². The zero-order valence-electron chi connectivity index (χ0n) is 10.1. The Bertz CT molecular complexity index is 600. The lowest BCUT2D eigenvalue weighted by atomic mass is 10.2.